The Balaban J connectivity index is 1.39. The summed E-state index contributed by atoms with van der Waals surface area (Å²) in [7, 11) is 0. The van der Waals surface area contributed by atoms with Crippen molar-refractivity contribution in [1.82, 2.24) is 15.3 Å². The van der Waals surface area contributed by atoms with Crippen LogP contribution in [0.1, 0.15) is 49.0 Å². The van der Waals surface area contributed by atoms with E-state index in [1.54, 1.807) is 12.1 Å². The fourth-order valence-corrected chi connectivity index (χ4v) is 4.31. The van der Waals surface area contributed by atoms with E-state index in [9.17, 15) is 4.79 Å². The van der Waals surface area contributed by atoms with Gasteiger partial charge in [0.2, 0.25) is 11.9 Å². The molecule has 1 fully saturated rings. The van der Waals surface area contributed by atoms with Gasteiger partial charge in [0.1, 0.15) is 0 Å². The molecule has 1 aromatic carbocycles. The number of aryl methyl sites for hydroxylation is 1. The molecule has 1 aliphatic carbocycles. The second-order valence-corrected chi connectivity index (χ2v) is 8.85. The van der Waals surface area contributed by atoms with Crippen LogP contribution >= 0.6 is 23.2 Å². The molecule has 0 bridgehead atoms. The van der Waals surface area contributed by atoms with E-state index in [4.69, 9.17) is 32.9 Å². The summed E-state index contributed by atoms with van der Waals surface area (Å²) < 4.78 is 5.41. The number of amides is 1. The summed E-state index contributed by atoms with van der Waals surface area (Å²) in [5.74, 6) is 0.580. The molecule has 6 nitrogen and oxygen atoms in total. The minimum Gasteiger partial charge on any atom is -0.381 e. The van der Waals surface area contributed by atoms with Crippen LogP contribution in [0.5, 0.6) is 0 Å². The number of hydrogen-bond acceptors (Lipinski definition) is 5. The lowest BCUT2D eigenvalue weighted by molar-refractivity contribution is -0.126. The highest BCUT2D eigenvalue weighted by Gasteiger charge is 2.27. The lowest BCUT2D eigenvalue weighted by atomic mass is 9.86. The van der Waals surface area contributed by atoms with Gasteiger partial charge in [-0.05, 0) is 55.9 Å². The Morgan fingerprint density at radius 3 is 2.77 bits per heavy atom. The van der Waals surface area contributed by atoms with Gasteiger partial charge >= 0.3 is 0 Å². The highest BCUT2D eigenvalue weighted by Crippen LogP contribution is 2.28. The van der Waals surface area contributed by atoms with Gasteiger partial charge in [0.15, 0.2) is 0 Å². The molecule has 0 radical (unpaired) electrons. The predicted molar refractivity (Wildman–Crippen MR) is 118 cm³/mol. The van der Waals surface area contributed by atoms with Crippen molar-refractivity contribution >= 4 is 35.1 Å². The molecule has 1 saturated heterocycles. The first-order chi connectivity index (χ1) is 14.5. The summed E-state index contributed by atoms with van der Waals surface area (Å²) in [4.78, 5) is 22.1. The minimum atomic E-state index is -0.148. The van der Waals surface area contributed by atoms with Crippen LogP contribution in [-0.4, -0.2) is 35.1 Å². The number of halogens is 2. The number of hydrogen-bond donors (Lipinski definition) is 2. The molecule has 1 amide bonds. The number of aromatic nitrogens is 2. The highest BCUT2D eigenvalue weighted by atomic mass is 35.5. The van der Waals surface area contributed by atoms with Crippen molar-refractivity contribution in [3.63, 3.8) is 0 Å². The Labute approximate surface area is 186 Å². The number of carbonyl (C=O) groups excluding carboxylic acids is 1. The number of nitrogens with one attached hydrogen (secondary N) is 2. The molecule has 4 rings (SSSR count). The fourth-order valence-electron chi connectivity index (χ4n) is 4.01. The number of carbonyl (C=O) groups is 1. The average molecular weight is 449 g/mol. The summed E-state index contributed by atoms with van der Waals surface area (Å²) in [5.41, 5.74) is 3.03. The van der Waals surface area contributed by atoms with E-state index in [-0.39, 0.29) is 17.9 Å². The quantitative estimate of drug-likeness (QED) is 0.710. The summed E-state index contributed by atoms with van der Waals surface area (Å²) >= 11 is 12.1. The largest absolute Gasteiger partial charge is 0.381 e. The topological polar surface area (TPSA) is 76.1 Å². The van der Waals surface area contributed by atoms with Crippen LogP contribution in [0.3, 0.4) is 0 Å². The molecular weight excluding hydrogens is 423 g/mol. The van der Waals surface area contributed by atoms with E-state index in [2.05, 4.69) is 15.6 Å². The molecule has 0 saturated carbocycles. The van der Waals surface area contributed by atoms with Gasteiger partial charge in [0.05, 0.1) is 16.1 Å². The molecule has 2 N–H and O–H groups in total. The normalized spacial score (nSPS) is 20.3. The molecule has 2 atom stereocenters. The van der Waals surface area contributed by atoms with Crippen molar-refractivity contribution < 1.29 is 9.53 Å². The van der Waals surface area contributed by atoms with Crippen molar-refractivity contribution in [3.8, 4) is 0 Å². The van der Waals surface area contributed by atoms with E-state index < -0.39 is 0 Å². The van der Waals surface area contributed by atoms with Gasteiger partial charge in [0, 0.05) is 43.5 Å². The number of anilines is 1. The van der Waals surface area contributed by atoms with Gasteiger partial charge in [-0.2, -0.15) is 0 Å². The molecular formula is C22H26Cl2N4O2. The third-order valence-electron chi connectivity index (χ3n) is 5.88. The summed E-state index contributed by atoms with van der Waals surface area (Å²) in [6, 6.07) is 5.63. The van der Waals surface area contributed by atoms with Crippen molar-refractivity contribution in [2.75, 3.05) is 18.5 Å². The molecule has 2 aliphatic rings. The predicted octanol–water partition coefficient (Wildman–Crippen LogP) is 4.36. The van der Waals surface area contributed by atoms with E-state index in [1.165, 1.54) is 0 Å². The Morgan fingerprint density at radius 1 is 1.20 bits per heavy atom. The molecule has 30 heavy (non-hydrogen) atoms. The van der Waals surface area contributed by atoms with Crippen LogP contribution in [0.2, 0.25) is 10.0 Å². The lowest BCUT2D eigenvalue weighted by Gasteiger charge is -2.26. The zero-order valence-corrected chi connectivity index (χ0v) is 18.5. The van der Waals surface area contributed by atoms with E-state index in [0.29, 0.717) is 28.5 Å². The number of rotatable bonds is 5. The first kappa shape index (κ1) is 21.3. The van der Waals surface area contributed by atoms with Gasteiger partial charge in [-0.3, -0.25) is 4.79 Å². The SMILES string of the molecule is C[C@@H](NC(=O)[C@H]1CCc2cnc(NC3CCOCC3)nc2C1)c1ccc(Cl)c(Cl)c1. The van der Waals surface area contributed by atoms with Crippen molar-refractivity contribution in [1.29, 1.82) is 0 Å². The van der Waals surface area contributed by atoms with Crippen LogP contribution in [-0.2, 0) is 22.4 Å². The second kappa shape index (κ2) is 9.50. The minimum absolute atomic E-state index is 0.0387. The molecule has 1 aliphatic heterocycles. The third-order valence-corrected chi connectivity index (χ3v) is 6.62. The van der Waals surface area contributed by atoms with Crippen molar-refractivity contribution in [3.05, 3.63) is 51.3 Å². The summed E-state index contributed by atoms with van der Waals surface area (Å²) in [6.45, 7) is 3.48. The number of nitrogens with zero attached hydrogens (tertiary/aromatic N) is 2. The third kappa shape index (κ3) is 5.05. The zero-order chi connectivity index (χ0) is 21.1. The molecule has 0 unspecified atom stereocenters. The fraction of sp³-hybridized carbons (Fsp3) is 0.500. The van der Waals surface area contributed by atoms with Gasteiger partial charge in [0.25, 0.3) is 0 Å². The van der Waals surface area contributed by atoms with Crippen LogP contribution < -0.4 is 10.6 Å². The molecule has 2 heterocycles. The molecule has 2 aromatic rings. The molecule has 160 valence electrons. The summed E-state index contributed by atoms with van der Waals surface area (Å²) in [6.07, 6.45) is 6.04. The van der Waals surface area contributed by atoms with Crippen molar-refractivity contribution in [2.24, 2.45) is 5.92 Å². The van der Waals surface area contributed by atoms with E-state index >= 15 is 0 Å². The lowest BCUT2D eigenvalue weighted by Crippen LogP contribution is -2.36. The maximum Gasteiger partial charge on any atom is 0.223 e. The molecule has 0 spiro atoms. The average Bonchev–Trinajstić information content (AvgIpc) is 2.75. The Bertz CT molecular complexity index is 918. The van der Waals surface area contributed by atoms with Crippen LogP contribution in [0, 0.1) is 5.92 Å². The Hall–Kier alpha value is -1.89. The number of fused-ring (bicyclic) bond motifs is 1. The smallest absolute Gasteiger partial charge is 0.223 e. The van der Waals surface area contributed by atoms with Crippen LogP contribution in [0.4, 0.5) is 5.95 Å². The molecule has 8 heteroatoms. The monoisotopic (exact) mass is 448 g/mol. The first-order valence-corrected chi connectivity index (χ1v) is 11.2. The van der Waals surface area contributed by atoms with Gasteiger partial charge in [-0.1, -0.05) is 29.3 Å². The Kier molecular flexibility index (Phi) is 6.76. The summed E-state index contributed by atoms with van der Waals surface area (Å²) in [5, 5.41) is 7.52. The molecule has 1 aromatic heterocycles. The standard InChI is InChI=1S/C22H26Cl2N4O2/c1-13(14-4-5-18(23)19(24)10-14)26-21(29)15-2-3-16-12-25-22(28-20(16)11-15)27-17-6-8-30-9-7-17/h4-5,10,12-13,15,17H,2-3,6-9,11H2,1H3,(H,26,29)(H,25,27,28)/t13-,15+/m1/s1. The van der Waals surface area contributed by atoms with E-state index in [1.807, 2.05) is 19.2 Å². The van der Waals surface area contributed by atoms with Crippen LogP contribution in [0.25, 0.3) is 0 Å². The van der Waals surface area contributed by atoms with E-state index in [0.717, 1.165) is 55.7 Å². The maximum absolute atomic E-state index is 12.9. The van der Waals surface area contributed by atoms with Crippen LogP contribution in [0.15, 0.2) is 24.4 Å². The van der Waals surface area contributed by atoms with Gasteiger partial charge < -0.3 is 15.4 Å². The highest BCUT2D eigenvalue weighted by molar-refractivity contribution is 6.42. The Morgan fingerprint density at radius 2 is 2.00 bits per heavy atom. The van der Waals surface area contributed by atoms with Gasteiger partial charge in [-0.15, -0.1) is 0 Å². The second-order valence-electron chi connectivity index (χ2n) is 8.04. The number of benzene rings is 1. The number of ether oxygens (including phenoxy) is 1. The van der Waals surface area contributed by atoms with Crippen molar-refractivity contribution in [2.45, 2.75) is 51.1 Å². The zero-order valence-electron chi connectivity index (χ0n) is 17.0. The first-order valence-electron chi connectivity index (χ1n) is 10.4. The van der Waals surface area contributed by atoms with Gasteiger partial charge in [-0.25, -0.2) is 9.97 Å². The maximum atomic E-state index is 12.9.